The fraction of sp³-hybridized carbons (Fsp3) is 0.167. The van der Waals surface area contributed by atoms with Crippen molar-refractivity contribution in [2.45, 2.75) is 20.0 Å². The van der Waals surface area contributed by atoms with Crippen molar-refractivity contribution in [3.8, 4) is 23.6 Å². The number of aromatic nitrogens is 8. The van der Waals surface area contributed by atoms with E-state index >= 15 is 0 Å². The SMILES string of the molecule is Cc1nnn(-c2ccc(C(F)F)cn2)c1COc1ccc(-n2cnc(C#N)c2)nn1. The Morgan fingerprint density at radius 1 is 1.10 bits per heavy atom. The third kappa shape index (κ3) is 3.81. The smallest absolute Gasteiger partial charge is 0.265 e. The molecule has 0 aliphatic heterocycles. The third-order valence-electron chi connectivity index (χ3n) is 4.14. The van der Waals surface area contributed by atoms with Crippen molar-refractivity contribution in [3.63, 3.8) is 0 Å². The van der Waals surface area contributed by atoms with Crippen LogP contribution < -0.4 is 4.74 Å². The van der Waals surface area contributed by atoms with Gasteiger partial charge >= 0.3 is 0 Å². The Labute approximate surface area is 168 Å². The molecule has 0 fully saturated rings. The highest BCUT2D eigenvalue weighted by Crippen LogP contribution is 2.19. The maximum absolute atomic E-state index is 12.7. The summed E-state index contributed by atoms with van der Waals surface area (Å²) < 4.78 is 34.1. The number of aryl methyl sites for hydroxylation is 1. The highest BCUT2D eigenvalue weighted by atomic mass is 19.3. The molecular formula is C18H13F2N9O. The molecule has 0 aromatic carbocycles. The average Bonchev–Trinajstić information content (AvgIpc) is 3.39. The Hall–Kier alpha value is -4.27. The molecule has 4 aromatic rings. The summed E-state index contributed by atoms with van der Waals surface area (Å²) in [6, 6.07) is 7.94. The van der Waals surface area contributed by atoms with E-state index < -0.39 is 6.43 Å². The van der Waals surface area contributed by atoms with Gasteiger partial charge in [0.2, 0.25) is 5.88 Å². The van der Waals surface area contributed by atoms with Crippen LogP contribution in [-0.2, 0) is 6.61 Å². The number of nitrogens with zero attached hydrogens (tertiary/aromatic N) is 9. The van der Waals surface area contributed by atoms with E-state index in [2.05, 4.69) is 30.5 Å². The highest BCUT2D eigenvalue weighted by Gasteiger charge is 2.15. The molecule has 0 amide bonds. The fourth-order valence-electron chi connectivity index (χ4n) is 2.55. The van der Waals surface area contributed by atoms with E-state index in [1.54, 1.807) is 23.6 Å². The molecule has 30 heavy (non-hydrogen) atoms. The highest BCUT2D eigenvalue weighted by molar-refractivity contribution is 5.29. The molecule has 12 heteroatoms. The lowest BCUT2D eigenvalue weighted by Crippen LogP contribution is -2.09. The van der Waals surface area contributed by atoms with Gasteiger partial charge in [0.05, 0.1) is 5.69 Å². The van der Waals surface area contributed by atoms with Crippen molar-refractivity contribution >= 4 is 0 Å². The first kappa shape index (κ1) is 19.1. The summed E-state index contributed by atoms with van der Waals surface area (Å²) in [5.41, 5.74) is 1.28. The normalized spacial score (nSPS) is 10.9. The van der Waals surface area contributed by atoms with Crippen molar-refractivity contribution < 1.29 is 13.5 Å². The van der Waals surface area contributed by atoms with Crippen LogP contribution in [0.25, 0.3) is 11.6 Å². The molecule has 0 aliphatic carbocycles. The van der Waals surface area contributed by atoms with Gasteiger partial charge in [-0.3, -0.25) is 4.57 Å². The summed E-state index contributed by atoms with van der Waals surface area (Å²) in [6.07, 6.45) is 1.50. The molecule has 0 saturated carbocycles. The lowest BCUT2D eigenvalue weighted by molar-refractivity contribution is 0.151. The van der Waals surface area contributed by atoms with Crippen molar-refractivity contribution in [2.24, 2.45) is 0 Å². The van der Waals surface area contributed by atoms with Crippen LogP contribution in [0.3, 0.4) is 0 Å². The van der Waals surface area contributed by atoms with E-state index in [9.17, 15) is 8.78 Å². The van der Waals surface area contributed by atoms with Crippen LogP contribution in [0.2, 0.25) is 0 Å². The van der Waals surface area contributed by atoms with Gasteiger partial charge in [-0.1, -0.05) is 5.21 Å². The van der Waals surface area contributed by atoms with Crippen LogP contribution in [0, 0.1) is 18.3 Å². The van der Waals surface area contributed by atoms with Gasteiger partial charge < -0.3 is 4.74 Å². The Balaban J connectivity index is 1.49. The topological polar surface area (TPSA) is 120 Å². The van der Waals surface area contributed by atoms with Gasteiger partial charge in [-0.2, -0.15) is 9.94 Å². The van der Waals surface area contributed by atoms with Crippen LogP contribution in [0.5, 0.6) is 5.88 Å². The second kappa shape index (κ2) is 8.00. The second-order valence-electron chi connectivity index (χ2n) is 6.08. The minimum absolute atomic E-state index is 0.0643. The van der Waals surface area contributed by atoms with Crippen LogP contribution in [0.15, 0.2) is 43.0 Å². The first-order valence-corrected chi connectivity index (χ1v) is 8.62. The van der Waals surface area contributed by atoms with Gasteiger partial charge in [-0.05, 0) is 25.1 Å². The van der Waals surface area contributed by atoms with E-state index in [4.69, 9.17) is 10.00 Å². The zero-order valence-corrected chi connectivity index (χ0v) is 15.5. The molecule has 0 N–H and O–H groups in total. The lowest BCUT2D eigenvalue weighted by Gasteiger charge is -2.09. The molecular weight excluding hydrogens is 396 g/mol. The number of pyridine rings is 1. The Kier molecular flexibility index (Phi) is 5.08. The van der Waals surface area contributed by atoms with E-state index in [1.165, 1.54) is 29.3 Å². The van der Waals surface area contributed by atoms with Gasteiger partial charge in [0.1, 0.15) is 24.7 Å². The molecule has 0 saturated heterocycles. The number of alkyl halides is 2. The van der Waals surface area contributed by atoms with Crippen molar-refractivity contribution in [3.05, 3.63) is 65.6 Å². The number of rotatable bonds is 6. The van der Waals surface area contributed by atoms with Gasteiger partial charge in [0, 0.05) is 24.0 Å². The first-order chi connectivity index (χ1) is 14.5. The number of halogens is 2. The zero-order chi connectivity index (χ0) is 21.1. The van der Waals surface area contributed by atoms with Crippen molar-refractivity contribution in [1.82, 2.24) is 39.7 Å². The van der Waals surface area contributed by atoms with Crippen molar-refractivity contribution in [1.29, 1.82) is 5.26 Å². The predicted octanol–water partition coefficient (Wildman–Crippen LogP) is 2.33. The van der Waals surface area contributed by atoms with E-state index in [0.29, 0.717) is 23.0 Å². The molecule has 4 aromatic heterocycles. The molecule has 0 unspecified atom stereocenters. The summed E-state index contributed by atoms with van der Waals surface area (Å²) in [5.74, 6) is 1.07. The first-order valence-electron chi connectivity index (χ1n) is 8.62. The Morgan fingerprint density at radius 2 is 1.93 bits per heavy atom. The lowest BCUT2D eigenvalue weighted by atomic mass is 10.3. The number of ether oxygens (including phenoxy) is 1. The summed E-state index contributed by atoms with van der Waals surface area (Å²) in [6.45, 7) is 1.81. The van der Waals surface area contributed by atoms with Gasteiger partial charge in [-0.15, -0.1) is 15.3 Å². The van der Waals surface area contributed by atoms with Crippen LogP contribution in [0.1, 0.15) is 29.1 Å². The number of hydrogen-bond donors (Lipinski definition) is 0. The predicted molar refractivity (Wildman–Crippen MR) is 97.0 cm³/mol. The summed E-state index contributed by atoms with van der Waals surface area (Å²) in [5, 5.41) is 24.9. The van der Waals surface area contributed by atoms with Crippen LogP contribution in [0.4, 0.5) is 8.78 Å². The Morgan fingerprint density at radius 3 is 2.57 bits per heavy atom. The molecule has 0 bridgehead atoms. The standard InChI is InChI=1S/C18H13F2N9O/c1-11-14(29(27-24-11)15-3-2-12(7-22-15)18(19)20)9-30-17-5-4-16(25-26-17)28-8-13(6-21)23-10-28/h2-5,7-8,10,18H,9H2,1H3. The van der Waals surface area contributed by atoms with Gasteiger partial charge in [0.25, 0.3) is 6.43 Å². The maximum atomic E-state index is 12.7. The molecule has 4 heterocycles. The second-order valence-corrected chi connectivity index (χ2v) is 6.08. The number of imidazole rings is 1. The minimum atomic E-state index is -2.60. The number of hydrogen-bond acceptors (Lipinski definition) is 8. The van der Waals surface area contributed by atoms with Crippen molar-refractivity contribution in [2.75, 3.05) is 0 Å². The molecule has 0 aliphatic rings. The van der Waals surface area contributed by atoms with Crippen LogP contribution in [-0.4, -0.2) is 39.7 Å². The summed E-state index contributed by atoms with van der Waals surface area (Å²) in [7, 11) is 0. The fourth-order valence-corrected chi connectivity index (χ4v) is 2.55. The summed E-state index contributed by atoms with van der Waals surface area (Å²) >= 11 is 0. The quantitative estimate of drug-likeness (QED) is 0.476. The molecule has 0 radical (unpaired) electrons. The van der Waals surface area contributed by atoms with E-state index in [0.717, 1.165) is 6.20 Å². The molecule has 150 valence electrons. The van der Waals surface area contributed by atoms with Gasteiger partial charge in [-0.25, -0.2) is 18.7 Å². The van der Waals surface area contributed by atoms with Crippen LogP contribution >= 0.6 is 0 Å². The largest absolute Gasteiger partial charge is 0.470 e. The molecule has 4 rings (SSSR count). The average molecular weight is 409 g/mol. The van der Waals surface area contributed by atoms with E-state index in [1.807, 2.05) is 6.07 Å². The third-order valence-corrected chi connectivity index (χ3v) is 4.14. The maximum Gasteiger partial charge on any atom is 0.265 e. The summed E-state index contributed by atoms with van der Waals surface area (Å²) in [4.78, 5) is 7.92. The molecule has 10 nitrogen and oxygen atoms in total. The van der Waals surface area contributed by atoms with Gasteiger partial charge in [0.15, 0.2) is 17.3 Å². The molecule has 0 atom stereocenters. The Bertz CT molecular complexity index is 1190. The minimum Gasteiger partial charge on any atom is -0.470 e. The monoisotopic (exact) mass is 409 g/mol. The van der Waals surface area contributed by atoms with E-state index in [-0.39, 0.29) is 23.7 Å². The number of nitriles is 1. The zero-order valence-electron chi connectivity index (χ0n) is 15.5. The molecule has 0 spiro atoms.